The molecule has 21 heavy (non-hydrogen) atoms. The van der Waals surface area contributed by atoms with Crippen molar-refractivity contribution < 1.29 is 4.74 Å². The van der Waals surface area contributed by atoms with Crippen LogP contribution in [0.4, 0.5) is 5.69 Å². The van der Waals surface area contributed by atoms with Gasteiger partial charge in [0, 0.05) is 30.1 Å². The number of hydrogen-bond acceptors (Lipinski definition) is 3. The highest BCUT2D eigenvalue weighted by atomic mass is 16.5. The van der Waals surface area contributed by atoms with Gasteiger partial charge in [-0.3, -0.25) is 0 Å². The number of benzene rings is 1. The summed E-state index contributed by atoms with van der Waals surface area (Å²) in [6.45, 7) is 2.68. The lowest BCUT2D eigenvalue weighted by atomic mass is 10.0. The van der Waals surface area contributed by atoms with Crippen LogP contribution in [0.15, 0.2) is 36.4 Å². The molecule has 1 aliphatic carbocycles. The largest absolute Gasteiger partial charge is 0.473 e. The molecule has 0 spiro atoms. The molecule has 0 amide bonds. The van der Waals surface area contributed by atoms with Gasteiger partial charge >= 0.3 is 0 Å². The van der Waals surface area contributed by atoms with E-state index in [4.69, 9.17) is 4.74 Å². The maximum absolute atomic E-state index is 5.94. The Morgan fingerprint density at radius 1 is 1.19 bits per heavy atom. The molecule has 0 atom stereocenters. The summed E-state index contributed by atoms with van der Waals surface area (Å²) < 4.78 is 5.94. The van der Waals surface area contributed by atoms with Gasteiger partial charge in [0.25, 0.3) is 0 Å². The lowest BCUT2D eigenvalue weighted by molar-refractivity contribution is 0.292. The molecule has 1 aliphatic rings. The van der Waals surface area contributed by atoms with Crippen LogP contribution >= 0.6 is 0 Å². The van der Waals surface area contributed by atoms with Gasteiger partial charge in [0.15, 0.2) is 0 Å². The number of rotatable bonds is 6. The molecule has 1 fully saturated rings. The number of aromatic nitrogens is 1. The average molecular weight is 282 g/mol. The van der Waals surface area contributed by atoms with Crippen molar-refractivity contribution in [2.24, 2.45) is 0 Å². The second kappa shape index (κ2) is 6.17. The summed E-state index contributed by atoms with van der Waals surface area (Å²) in [5, 5.41) is 3.28. The fourth-order valence-electron chi connectivity index (χ4n) is 2.66. The smallest absolute Gasteiger partial charge is 0.213 e. The molecule has 3 rings (SSSR count). The van der Waals surface area contributed by atoms with Gasteiger partial charge in [-0.1, -0.05) is 25.1 Å². The molecular formula is C18H22N2O. The van der Waals surface area contributed by atoms with Gasteiger partial charge in [-0.2, -0.15) is 0 Å². The third kappa shape index (κ3) is 3.18. The van der Waals surface area contributed by atoms with Crippen molar-refractivity contribution in [1.82, 2.24) is 4.98 Å². The Morgan fingerprint density at radius 3 is 2.71 bits per heavy atom. The molecule has 1 N–H and O–H groups in total. The number of pyridine rings is 1. The first-order valence-electron chi connectivity index (χ1n) is 7.70. The van der Waals surface area contributed by atoms with E-state index in [0.29, 0.717) is 18.4 Å². The van der Waals surface area contributed by atoms with E-state index in [9.17, 15) is 0 Å². The summed E-state index contributed by atoms with van der Waals surface area (Å²) in [4.78, 5) is 4.51. The molecule has 110 valence electrons. The number of hydrogen-bond donors (Lipinski definition) is 1. The highest BCUT2D eigenvalue weighted by Crippen LogP contribution is 2.43. The van der Waals surface area contributed by atoms with E-state index < -0.39 is 0 Å². The van der Waals surface area contributed by atoms with E-state index in [1.165, 1.54) is 24.0 Å². The fourth-order valence-corrected chi connectivity index (χ4v) is 2.66. The predicted octanol–water partition coefficient (Wildman–Crippen LogP) is 4.14. The minimum absolute atomic E-state index is 0.572. The molecule has 1 saturated carbocycles. The molecule has 3 nitrogen and oxygen atoms in total. The van der Waals surface area contributed by atoms with Crippen LogP contribution in [-0.2, 0) is 13.0 Å². The zero-order chi connectivity index (χ0) is 14.7. The SMILES string of the molecule is CCc1cccc(OCc2c(NC)cccc2C2CC2)n1. The van der Waals surface area contributed by atoms with E-state index in [1.54, 1.807) is 0 Å². The third-order valence-corrected chi connectivity index (χ3v) is 4.01. The number of nitrogens with zero attached hydrogens (tertiary/aromatic N) is 1. The van der Waals surface area contributed by atoms with Crippen LogP contribution in [0.1, 0.15) is 42.5 Å². The second-order valence-corrected chi connectivity index (χ2v) is 5.51. The van der Waals surface area contributed by atoms with Gasteiger partial charge in [0.1, 0.15) is 6.61 Å². The number of nitrogens with one attached hydrogen (secondary N) is 1. The predicted molar refractivity (Wildman–Crippen MR) is 85.9 cm³/mol. The lowest BCUT2D eigenvalue weighted by Gasteiger charge is -2.15. The maximum atomic E-state index is 5.94. The van der Waals surface area contributed by atoms with Crippen molar-refractivity contribution in [3.8, 4) is 5.88 Å². The molecule has 0 saturated heterocycles. The standard InChI is InChI=1S/C18H22N2O/c1-3-14-6-4-9-18(20-14)21-12-16-15(13-10-11-13)7-5-8-17(16)19-2/h4-9,13,19H,3,10-12H2,1-2H3. The van der Waals surface area contributed by atoms with Gasteiger partial charge in [-0.05, 0) is 42.9 Å². The zero-order valence-corrected chi connectivity index (χ0v) is 12.7. The summed E-state index contributed by atoms with van der Waals surface area (Å²) in [5.41, 5.74) is 4.92. The molecular weight excluding hydrogens is 260 g/mol. The van der Waals surface area contributed by atoms with Gasteiger partial charge in [-0.15, -0.1) is 0 Å². The van der Waals surface area contributed by atoms with Crippen molar-refractivity contribution in [3.63, 3.8) is 0 Å². The summed E-state index contributed by atoms with van der Waals surface area (Å²) >= 11 is 0. The van der Waals surface area contributed by atoms with Crippen LogP contribution in [0.5, 0.6) is 5.88 Å². The Balaban J connectivity index is 1.80. The minimum atomic E-state index is 0.572. The van der Waals surface area contributed by atoms with Crippen molar-refractivity contribution in [3.05, 3.63) is 53.2 Å². The Morgan fingerprint density at radius 2 is 2.00 bits per heavy atom. The van der Waals surface area contributed by atoms with Crippen molar-refractivity contribution in [1.29, 1.82) is 0 Å². The molecule has 1 heterocycles. The molecule has 1 aromatic heterocycles. The van der Waals surface area contributed by atoms with Crippen LogP contribution in [0.25, 0.3) is 0 Å². The first-order valence-corrected chi connectivity index (χ1v) is 7.70. The third-order valence-electron chi connectivity index (χ3n) is 4.01. The molecule has 2 aromatic rings. The van der Waals surface area contributed by atoms with Crippen LogP contribution in [0, 0.1) is 0 Å². The van der Waals surface area contributed by atoms with E-state index in [0.717, 1.165) is 17.8 Å². The minimum Gasteiger partial charge on any atom is -0.473 e. The fraction of sp³-hybridized carbons (Fsp3) is 0.389. The molecule has 0 aliphatic heterocycles. The van der Waals surface area contributed by atoms with Gasteiger partial charge in [0.05, 0.1) is 0 Å². The first-order chi connectivity index (χ1) is 10.3. The molecule has 1 aromatic carbocycles. The van der Waals surface area contributed by atoms with Crippen molar-refractivity contribution >= 4 is 5.69 Å². The van der Waals surface area contributed by atoms with Crippen molar-refractivity contribution in [2.75, 3.05) is 12.4 Å². The second-order valence-electron chi connectivity index (χ2n) is 5.51. The highest BCUT2D eigenvalue weighted by Gasteiger charge is 2.27. The van der Waals surface area contributed by atoms with E-state index in [1.807, 2.05) is 25.2 Å². The van der Waals surface area contributed by atoms with Gasteiger partial charge in [-0.25, -0.2) is 4.98 Å². The molecule has 0 unspecified atom stereocenters. The molecule has 0 radical (unpaired) electrons. The number of anilines is 1. The van der Waals surface area contributed by atoms with Crippen LogP contribution in [0.2, 0.25) is 0 Å². The van der Waals surface area contributed by atoms with Crippen LogP contribution in [-0.4, -0.2) is 12.0 Å². The van der Waals surface area contributed by atoms with E-state index in [-0.39, 0.29) is 0 Å². The Bertz CT molecular complexity index is 620. The summed E-state index contributed by atoms with van der Waals surface area (Å²) in [6, 6.07) is 12.4. The summed E-state index contributed by atoms with van der Waals surface area (Å²) in [6.07, 6.45) is 3.52. The summed E-state index contributed by atoms with van der Waals surface area (Å²) in [7, 11) is 1.96. The Hall–Kier alpha value is -2.03. The van der Waals surface area contributed by atoms with Crippen LogP contribution in [0.3, 0.4) is 0 Å². The van der Waals surface area contributed by atoms with Crippen molar-refractivity contribution in [2.45, 2.75) is 38.7 Å². The Kier molecular flexibility index (Phi) is 4.09. The monoisotopic (exact) mass is 282 g/mol. The quantitative estimate of drug-likeness (QED) is 0.864. The molecule has 0 bridgehead atoms. The molecule has 3 heteroatoms. The lowest BCUT2D eigenvalue weighted by Crippen LogP contribution is -2.05. The first kappa shape index (κ1) is 13.9. The topological polar surface area (TPSA) is 34.1 Å². The number of ether oxygens (including phenoxy) is 1. The maximum Gasteiger partial charge on any atom is 0.213 e. The van der Waals surface area contributed by atoms with E-state index >= 15 is 0 Å². The van der Waals surface area contributed by atoms with E-state index in [2.05, 4.69) is 35.4 Å². The van der Waals surface area contributed by atoms with Gasteiger partial charge in [0.2, 0.25) is 5.88 Å². The zero-order valence-electron chi connectivity index (χ0n) is 12.7. The number of aryl methyl sites for hydroxylation is 1. The van der Waals surface area contributed by atoms with Crippen LogP contribution < -0.4 is 10.1 Å². The normalized spacial score (nSPS) is 14.0. The average Bonchev–Trinajstić information content (AvgIpc) is 3.37. The summed E-state index contributed by atoms with van der Waals surface area (Å²) in [5.74, 6) is 1.42. The van der Waals surface area contributed by atoms with Gasteiger partial charge < -0.3 is 10.1 Å². The Labute approximate surface area is 126 Å². The highest BCUT2D eigenvalue weighted by molar-refractivity contribution is 5.55.